The maximum absolute atomic E-state index is 11.9. The topological polar surface area (TPSA) is 162 Å². The van der Waals surface area contributed by atoms with Crippen LogP contribution in [0.2, 0.25) is 0 Å². The van der Waals surface area contributed by atoms with Crippen LogP contribution in [0.3, 0.4) is 0 Å². The number of rotatable bonds is 5. The summed E-state index contributed by atoms with van der Waals surface area (Å²) in [7, 11) is 0. The van der Waals surface area contributed by atoms with Crippen molar-refractivity contribution in [3.63, 3.8) is 0 Å². The van der Waals surface area contributed by atoms with Gasteiger partial charge in [-0.15, -0.1) is 0 Å². The number of anilines is 1. The third-order valence-electron chi connectivity index (χ3n) is 2.77. The Labute approximate surface area is 125 Å². The van der Waals surface area contributed by atoms with Crippen molar-refractivity contribution in [3.8, 4) is 0 Å². The summed E-state index contributed by atoms with van der Waals surface area (Å²) in [6.45, 7) is 0.200. The smallest absolute Gasteiger partial charge is 0.241 e. The largest absolute Gasteiger partial charge is 0.379 e. The number of carbonyl (C=O) groups is 1. The number of amides is 1. The lowest BCUT2D eigenvalue weighted by Crippen LogP contribution is -2.45. The van der Waals surface area contributed by atoms with Gasteiger partial charge in [-0.2, -0.15) is 5.10 Å². The lowest BCUT2D eigenvalue weighted by Gasteiger charge is -2.17. The number of nitrogens with one attached hydrogen (secondary N) is 1. The van der Waals surface area contributed by atoms with Gasteiger partial charge in [0.1, 0.15) is 6.54 Å². The molecule has 1 aromatic heterocycles. The monoisotopic (exact) mass is 304 g/mol. The van der Waals surface area contributed by atoms with Crippen LogP contribution in [-0.2, 0) is 11.3 Å². The lowest BCUT2D eigenvalue weighted by molar-refractivity contribution is -0.121. The van der Waals surface area contributed by atoms with Crippen molar-refractivity contribution < 1.29 is 9.42 Å². The minimum absolute atomic E-state index is 0.00592. The summed E-state index contributed by atoms with van der Waals surface area (Å²) in [6, 6.07) is 9.46. The highest BCUT2D eigenvalue weighted by Gasteiger charge is 2.20. The molecule has 0 saturated heterocycles. The first-order valence-corrected chi connectivity index (χ1v) is 6.31. The molecule has 1 heterocycles. The van der Waals surface area contributed by atoms with Crippen LogP contribution < -0.4 is 22.7 Å². The van der Waals surface area contributed by atoms with Gasteiger partial charge in [-0.3, -0.25) is 9.80 Å². The Morgan fingerprint density at radius 3 is 2.64 bits per heavy atom. The highest BCUT2D eigenvalue weighted by molar-refractivity contribution is 6.01. The summed E-state index contributed by atoms with van der Waals surface area (Å²) in [6.07, 6.45) is 0. The predicted octanol–water partition coefficient (Wildman–Crippen LogP) is -1.24. The second-order valence-electron chi connectivity index (χ2n) is 4.34. The quantitative estimate of drug-likeness (QED) is 0.231. The van der Waals surface area contributed by atoms with Gasteiger partial charge in [0.25, 0.3) is 0 Å². The third-order valence-corrected chi connectivity index (χ3v) is 2.77. The number of hydrazone groups is 1. The highest BCUT2D eigenvalue weighted by atomic mass is 16.6. The van der Waals surface area contributed by atoms with E-state index < -0.39 is 0 Å². The average Bonchev–Trinajstić information content (AvgIpc) is 2.93. The predicted molar refractivity (Wildman–Crippen MR) is 78.6 cm³/mol. The van der Waals surface area contributed by atoms with E-state index in [-0.39, 0.29) is 29.8 Å². The molecule has 0 bridgehead atoms. The van der Waals surface area contributed by atoms with Crippen molar-refractivity contribution in [3.05, 3.63) is 41.6 Å². The molecule has 7 N–H and O–H groups in total. The van der Waals surface area contributed by atoms with Crippen LogP contribution in [0.1, 0.15) is 11.3 Å². The number of hydrogen-bond donors (Lipinski definition) is 4. The third kappa shape index (κ3) is 3.70. The van der Waals surface area contributed by atoms with Gasteiger partial charge in [0.15, 0.2) is 17.3 Å². The van der Waals surface area contributed by atoms with Gasteiger partial charge in [0.2, 0.25) is 5.91 Å². The Morgan fingerprint density at radius 2 is 2.05 bits per heavy atom. The Balaban J connectivity index is 1.92. The van der Waals surface area contributed by atoms with Crippen molar-refractivity contribution in [1.82, 2.24) is 20.6 Å². The Kier molecular flexibility index (Phi) is 4.88. The van der Waals surface area contributed by atoms with Crippen molar-refractivity contribution in [2.24, 2.45) is 16.8 Å². The van der Waals surface area contributed by atoms with Gasteiger partial charge in [-0.1, -0.05) is 30.3 Å². The zero-order valence-corrected chi connectivity index (χ0v) is 11.6. The summed E-state index contributed by atoms with van der Waals surface area (Å²) < 4.78 is 4.44. The normalized spacial score (nSPS) is 11.2. The number of aromatic nitrogens is 2. The number of nitrogen functional groups attached to an aromatic ring is 1. The van der Waals surface area contributed by atoms with Gasteiger partial charge in [-0.05, 0) is 15.9 Å². The van der Waals surface area contributed by atoms with E-state index in [4.69, 9.17) is 17.4 Å². The number of carbonyl (C=O) groups excluding carboxylic acids is 1. The number of benzene rings is 1. The van der Waals surface area contributed by atoms with Gasteiger partial charge < -0.3 is 16.9 Å². The maximum Gasteiger partial charge on any atom is 0.241 e. The minimum Gasteiger partial charge on any atom is -0.379 e. The van der Waals surface area contributed by atoms with Crippen molar-refractivity contribution >= 4 is 17.6 Å². The fraction of sp³-hybridized carbons (Fsp3) is 0.167. The number of hydrogen-bond acceptors (Lipinski definition) is 8. The number of amidine groups is 1. The van der Waals surface area contributed by atoms with E-state index in [1.807, 2.05) is 30.3 Å². The summed E-state index contributed by atoms with van der Waals surface area (Å²) in [5.74, 6) is 10.7. The molecule has 0 unspecified atom stereocenters. The molecule has 0 aliphatic heterocycles. The molecule has 0 aliphatic carbocycles. The van der Waals surface area contributed by atoms with Crippen LogP contribution >= 0.6 is 0 Å². The first kappa shape index (κ1) is 15.3. The van der Waals surface area contributed by atoms with E-state index in [2.05, 4.69) is 25.4 Å². The zero-order valence-electron chi connectivity index (χ0n) is 11.6. The van der Waals surface area contributed by atoms with Crippen LogP contribution in [0.15, 0.2) is 40.1 Å². The highest BCUT2D eigenvalue weighted by Crippen LogP contribution is 2.07. The molecule has 10 heteroatoms. The molecule has 0 saturated carbocycles. The molecule has 1 aromatic carbocycles. The van der Waals surface area contributed by atoms with Crippen LogP contribution in [-0.4, -0.2) is 33.6 Å². The van der Waals surface area contributed by atoms with E-state index in [0.717, 1.165) is 10.6 Å². The van der Waals surface area contributed by atoms with Crippen molar-refractivity contribution in [1.29, 1.82) is 0 Å². The molecule has 0 atom stereocenters. The molecule has 116 valence electrons. The van der Waals surface area contributed by atoms with Gasteiger partial charge in [0, 0.05) is 6.54 Å². The molecule has 1 amide bonds. The first-order valence-electron chi connectivity index (χ1n) is 6.31. The second kappa shape index (κ2) is 7.04. The van der Waals surface area contributed by atoms with E-state index in [0.29, 0.717) is 6.54 Å². The number of nitrogens with zero attached hydrogens (tertiary/aromatic N) is 4. The molecular formula is C12H16N8O2. The van der Waals surface area contributed by atoms with Gasteiger partial charge >= 0.3 is 0 Å². The van der Waals surface area contributed by atoms with Crippen molar-refractivity contribution in [2.75, 3.05) is 12.3 Å². The maximum atomic E-state index is 11.9. The molecule has 22 heavy (non-hydrogen) atoms. The average molecular weight is 304 g/mol. The molecule has 10 nitrogen and oxygen atoms in total. The molecule has 2 aromatic rings. The summed E-state index contributed by atoms with van der Waals surface area (Å²) in [4.78, 5) is 11.9. The summed E-state index contributed by atoms with van der Waals surface area (Å²) in [5.41, 5.74) is 6.57. The Morgan fingerprint density at radius 1 is 1.32 bits per heavy atom. The van der Waals surface area contributed by atoms with Crippen molar-refractivity contribution in [2.45, 2.75) is 6.54 Å². The van der Waals surface area contributed by atoms with Gasteiger partial charge in [-0.25, -0.2) is 10.5 Å². The fourth-order valence-electron chi connectivity index (χ4n) is 1.70. The standard InChI is InChI=1S/C12H16N8O2/c13-11-10(18-22-19-11)12(17-14)20(15)7-9(21)16-6-8-4-2-1-3-5-8/h1-5H,6-7,14-15H2,(H2,13,19)(H,16,21)/b17-12-. The summed E-state index contributed by atoms with van der Waals surface area (Å²) in [5, 5.41) is 14.1. The van der Waals surface area contributed by atoms with Crippen LogP contribution in [0.5, 0.6) is 0 Å². The minimum atomic E-state index is -0.317. The molecular weight excluding hydrogens is 288 g/mol. The van der Waals surface area contributed by atoms with Crippen LogP contribution in [0.4, 0.5) is 5.82 Å². The Hall–Kier alpha value is -3.14. The second-order valence-corrected chi connectivity index (χ2v) is 4.34. The van der Waals surface area contributed by atoms with Crippen LogP contribution in [0, 0.1) is 0 Å². The number of nitrogens with two attached hydrogens (primary N) is 3. The molecule has 0 spiro atoms. The zero-order chi connectivity index (χ0) is 15.9. The Bertz CT molecular complexity index is 654. The lowest BCUT2D eigenvalue weighted by atomic mass is 10.2. The van der Waals surface area contributed by atoms with Crippen LogP contribution in [0.25, 0.3) is 0 Å². The molecule has 2 rings (SSSR count). The molecule has 0 radical (unpaired) electrons. The van der Waals surface area contributed by atoms with E-state index in [9.17, 15) is 4.79 Å². The molecule has 0 aliphatic rings. The SMILES string of the molecule is N/N=C(/c1nonc1N)N(N)CC(=O)NCc1ccccc1. The fourth-order valence-corrected chi connectivity index (χ4v) is 1.70. The molecule has 0 fully saturated rings. The summed E-state index contributed by atoms with van der Waals surface area (Å²) >= 11 is 0. The van der Waals surface area contributed by atoms with E-state index in [1.165, 1.54) is 0 Å². The first-order chi connectivity index (χ1) is 10.6. The van der Waals surface area contributed by atoms with Gasteiger partial charge in [0.05, 0.1) is 0 Å². The van der Waals surface area contributed by atoms with E-state index >= 15 is 0 Å². The van der Waals surface area contributed by atoms with E-state index in [1.54, 1.807) is 0 Å². The number of hydrazine groups is 1.